The van der Waals surface area contributed by atoms with Gasteiger partial charge in [-0.15, -0.1) is 10.2 Å². The number of rotatable bonds is 5. The molecule has 0 unspecified atom stereocenters. The number of hydrogen-bond donors (Lipinski definition) is 1. The van der Waals surface area contributed by atoms with Gasteiger partial charge in [0.05, 0.1) is 11.1 Å². The first-order valence-corrected chi connectivity index (χ1v) is 11.1. The summed E-state index contributed by atoms with van der Waals surface area (Å²) in [5.74, 6) is 0.622. The molecule has 156 valence electrons. The summed E-state index contributed by atoms with van der Waals surface area (Å²) in [5.41, 5.74) is 2.26. The van der Waals surface area contributed by atoms with Gasteiger partial charge in [0.15, 0.2) is 5.16 Å². The van der Waals surface area contributed by atoms with Crippen molar-refractivity contribution in [1.82, 2.24) is 19.7 Å². The minimum absolute atomic E-state index is 0.145. The lowest BCUT2D eigenvalue weighted by molar-refractivity contribution is 0.102. The number of nitrogens with zero attached hydrogens (tertiary/aromatic N) is 5. The van der Waals surface area contributed by atoms with Gasteiger partial charge >= 0.3 is 0 Å². The Kier molecular flexibility index (Phi) is 5.30. The minimum atomic E-state index is -0.145. The van der Waals surface area contributed by atoms with Crippen LogP contribution in [0.2, 0.25) is 0 Å². The quantitative estimate of drug-likeness (QED) is 0.507. The number of anilines is 2. The Morgan fingerprint density at radius 1 is 1.06 bits per heavy atom. The second kappa shape index (κ2) is 8.39. The van der Waals surface area contributed by atoms with Gasteiger partial charge in [0, 0.05) is 36.1 Å². The molecule has 0 spiro atoms. The van der Waals surface area contributed by atoms with Crippen LogP contribution in [0, 0.1) is 0 Å². The van der Waals surface area contributed by atoms with Crippen molar-refractivity contribution >= 4 is 40.1 Å². The molecule has 1 amide bonds. The molecular formula is C23H22N6OS. The average molecular weight is 431 g/mol. The zero-order valence-corrected chi connectivity index (χ0v) is 18.0. The van der Waals surface area contributed by atoms with Gasteiger partial charge in [-0.25, -0.2) is 4.98 Å². The van der Waals surface area contributed by atoms with Crippen molar-refractivity contribution in [3.63, 3.8) is 0 Å². The SMILES string of the molecule is Cn1cnnc1Sc1ccc(NC(=O)c2cc3ccccc3nc2N2CCCC2)cc1. The van der Waals surface area contributed by atoms with E-state index in [0.29, 0.717) is 5.56 Å². The van der Waals surface area contributed by atoms with Crippen LogP contribution in [-0.2, 0) is 7.05 Å². The Balaban J connectivity index is 1.39. The largest absolute Gasteiger partial charge is 0.356 e. The Morgan fingerprint density at radius 2 is 1.84 bits per heavy atom. The van der Waals surface area contributed by atoms with Crippen molar-refractivity contribution in [2.45, 2.75) is 22.9 Å². The van der Waals surface area contributed by atoms with E-state index in [1.165, 1.54) is 11.8 Å². The number of hydrogen-bond acceptors (Lipinski definition) is 6. The molecule has 31 heavy (non-hydrogen) atoms. The predicted octanol–water partition coefficient (Wildman–Crippen LogP) is 4.37. The maximum atomic E-state index is 13.2. The highest BCUT2D eigenvalue weighted by Crippen LogP contribution is 2.29. The van der Waals surface area contributed by atoms with Gasteiger partial charge in [-0.3, -0.25) is 4.79 Å². The van der Waals surface area contributed by atoms with Crippen LogP contribution in [0.1, 0.15) is 23.2 Å². The molecule has 1 saturated heterocycles. The second-order valence-corrected chi connectivity index (χ2v) is 8.59. The zero-order valence-electron chi connectivity index (χ0n) is 17.2. The van der Waals surface area contributed by atoms with E-state index in [1.807, 2.05) is 66.2 Å². The third-order valence-corrected chi connectivity index (χ3v) is 6.41. The number of aryl methyl sites for hydroxylation is 1. The Labute approximate surface area is 184 Å². The summed E-state index contributed by atoms with van der Waals surface area (Å²) in [6.45, 7) is 1.86. The highest BCUT2D eigenvalue weighted by atomic mass is 32.2. The number of para-hydroxylation sites is 1. The molecule has 1 aliphatic heterocycles. The normalized spacial score (nSPS) is 13.6. The lowest BCUT2D eigenvalue weighted by Gasteiger charge is -2.20. The topological polar surface area (TPSA) is 75.9 Å². The monoisotopic (exact) mass is 430 g/mol. The fourth-order valence-corrected chi connectivity index (χ4v) is 4.48. The third-order valence-electron chi connectivity index (χ3n) is 5.35. The van der Waals surface area contributed by atoms with Crippen molar-refractivity contribution < 1.29 is 4.79 Å². The van der Waals surface area contributed by atoms with Gasteiger partial charge in [0.2, 0.25) is 0 Å². The van der Waals surface area contributed by atoms with Crippen LogP contribution in [0.3, 0.4) is 0 Å². The fraction of sp³-hybridized carbons (Fsp3) is 0.217. The standard InChI is InChI=1S/C23H22N6OS/c1-28-15-24-27-23(28)31-18-10-8-17(9-11-18)25-22(30)19-14-16-6-2-3-7-20(16)26-21(19)29-12-4-5-13-29/h2-3,6-11,14-15H,4-5,12-13H2,1H3,(H,25,30). The van der Waals surface area contributed by atoms with Crippen molar-refractivity contribution in [1.29, 1.82) is 0 Å². The summed E-state index contributed by atoms with van der Waals surface area (Å²) >= 11 is 1.53. The molecule has 0 bridgehead atoms. The first kappa shape index (κ1) is 19.6. The molecular weight excluding hydrogens is 408 g/mol. The Hall–Kier alpha value is -3.39. The molecule has 7 nitrogen and oxygen atoms in total. The molecule has 1 aliphatic rings. The lowest BCUT2D eigenvalue weighted by Crippen LogP contribution is -2.24. The number of pyridine rings is 1. The van der Waals surface area contributed by atoms with E-state index < -0.39 is 0 Å². The molecule has 2 aromatic heterocycles. The summed E-state index contributed by atoms with van der Waals surface area (Å²) in [5, 5.41) is 12.8. The van der Waals surface area contributed by atoms with Crippen LogP contribution in [0.5, 0.6) is 0 Å². The van der Waals surface area contributed by atoms with Crippen LogP contribution in [0.15, 0.2) is 71.0 Å². The number of nitrogens with one attached hydrogen (secondary N) is 1. The molecule has 0 radical (unpaired) electrons. The predicted molar refractivity (Wildman–Crippen MR) is 123 cm³/mol. The molecule has 1 fully saturated rings. The molecule has 2 aromatic carbocycles. The molecule has 8 heteroatoms. The van der Waals surface area contributed by atoms with Gasteiger partial charge in [-0.2, -0.15) is 0 Å². The molecule has 4 aromatic rings. The fourth-order valence-electron chi connectivity index (χ4n) is 3.72. The number of carbonyl (C=O) groups excluding carboxylic acids is 1. The molecule has 1 N–H and O–H groups in total. The lowest BCUT2D eigenvalue weighted by atomic mass is 10.1. The smallest absolute Gasteiger partial charge is 0.259 e. The molecule has 0 aliphatic carbocycles. The van der Waals surface area contributed by atoms with Crippen molar-refractivity contribution in [3.05, 3.63) is 66.5 Å². The zero-order chi connectivity index (χ0) is 21.2. The number of amides is 1. The Bertz CT molecular complexity index is 1230. The molecule has 0 saturated carbocycles. The molecule has 5 rings (SSSR count). The second-order valence-electron chi connectivity index (χ2n) is 7.55. The van der Waals surface area contributed by atoms with Gasteiger partial charge < -0.3 is 14.8 Å². The molecule has 3 heterocycles. The number of benzene rings is 2. The summed E-state index contributed by atoms with van der Waals surface area (Å²) in [4.78, 5) is 21.3. The van der Waals surface area contributed by atoms with Crippen LogP contribution >= 0.6 is 11.8 Å². The van der Waals surface area contributed by atoms with Crippen molar-refractivity contribution in [2.24, 2.45) is 7.05 Å². The van der Waals surface area contributed by atoms with Crippen LogP contribution in [0.4, 0.5) is 11.5 Å². The summed E-state index contributed by atoms with van der Waals surface area (Å²) in [6, 6.07) is 17.6. The summed E-state index contributed by atoms with van der Waals surface area (Å²) in [6.07, 6.45) is 3.92. The maximum absolute atomic E-state index is 13.2. The van der Waals surface area contributed by atoms with E-state index in [2.05, 4.69) is 20.4 Å². The van der Waals surface area contributed by atoms with Crippen molar-refractivity contribution in [2.75, 3.05) is 23.3 Å². The van der Waals surface area contributed by atoms with Gasteiger partial charge in [0.1, 0.15) is 12.1 Å². The number of fused-ring (bicyclic) bond motifs is 1. The summed E-state index contributed by atoms with van der Waals surface area (Å²) in [7, 11) is 1.91. The van der Waals surface area contributed by atoms with E-state index in [9.17, 15) is 4.79 Å². The third kappa shape index (κ3) is 4.11. The average Bonchev–Trinajstić information content (AvgIpc) is 3.46. The van der Waals surface area contributed by atoms with Crippen molar-refractivity contribution in [3.8, 4) is 0 Å². The number of carbonyl (C=O) groups is 1. The van der Waals surface area contributed by atoms with E-state index in [1.54, 1.807) is 6.33 Å². The maximum Gasteiger partial charge on any atom is 0.259 e. The highest BCUT2D eigenvalue weighted by molar-refractivity contribution is 7.99. The first-order chi connectivity index (χ1) is 15.2. The van der Waals surface area contributed by atoms with Crippen LogP contribution in [0.25, 0.3) is 10.9 Å². The van der Waals surface area contributed by atoms with Gasteiger partial charge in [-0.1, -0.05) is 18.2 Å². The van der Waals surface area contributed by atoms with Crippen LogP contribution in [-0.4, -0.2) is 38.7 Å². The van der Waals surface area contributed by atoms with E-state index >= 15 is 0 Å². The Morgan fingerprint density at radius 3 is 2.58 bits per heavy atom. The first-order valence-electron chi connectivity index (χ1n) is 10.3. The summed E-state index contributed by atoms with van der Waals surface area (Å²) < 4.78 is 1.87. The van der Waals surface area contributed by atoms with Gasteiger partial charge in [-0.05, 0) is 61.0 Å². The van der Waals surface area contributed by atoms with Crippen LogP contribution < -0.4 is 10.2 Å². The highest BCUT2D eigenvalue weighted by Gasteiger charge is 2.22. The number of aromatic nitrogens is 4. The minimum Gasteiger partial charge on any atom is -0.356 e. The molecule has 0 atom stereocenters. The van der Waals surface area contributed by atoms with E-state index in [-0.39, 0.29) is 5.91 Å². The van der Waals surface area contributed by atoms with E-state index in [4.69, 9.17) is 4.98 Å². The van der Waals surface area contributed by atoms with Gasteiger partial charge in [0.25, 0.3) is 5.91 Å². The van der Waals surface area contributed by atoms with E-state index in [0.717, 1.165) is 58.4 Å².